The van der Waals surface area contributed by atoms with Crippen molar-refractivity contribution in [1.82, 2.24) is 15.5 Å². The molecular weight excluding hydrogens is 276 g/mol. The van der Waals surface area contributed by atoms with E-state index in [0.29, 0.717) is 0 Å². The van der Waals surface area contributed by atoms with Crippen LogP contribution in [0.3, 0.4) is 0 Å². The van der Waals surface area contributed by atoms with Crippen LogP contribution in [0.15, 0.2) is 29.3 Å². The van der Waals surface area contributed by atoms with Crippen LogP contribution in [0.1, 0.15) is 32.4 Å². The van der Waals surface area contributed by atoms with E-state index in [1.807, 2.05) is 12.1 Å². The molecule has 0 amide bonds. The van der Waals surface area contributed by atoms with Crippen LogP contribution < -0.4 is 15.4 Å². The van der Waals surface area contributed by atoms with Crippen molar-refractivity contribution >= 4 is 5.96 Å². The van der Waals surface area contributed by atoms with Gasteiger partial charge in [0.25, 0.3) is 0 Å². The molecule has 0 radical (unpaired) electrons. The van der Waals surface area contributed by atoms with Crippen molar-refractivity contribution in [2.45, 2.75) is 32.4 Å². The SMILES string of the molecule is CN=C(NCC(c1cccc(OC)c1)N(C)C)NC(C)(C)C. The molecule has 0 saturated carbocycles. The number of nitrogens with zero attached hydrogens (tertiary/aromatic N) is 2. The van der Waals surface area contributed by atoms with Gasteiger partial charge >= 0.3 is 0 Å². The molecule has 22 heavy (non-hydrogen) atoms. The molecule has 1 rings (SSSR count). The Bertz CT molecular complexity index is 492. The third-order valence-corrected chi connectivity index (χ3v) is 3.28. The molecule has 0 aliphatic carbocycles. The number of ether oxygens (including phenoxy) is 1. The van der Waals surface area contributed by atoms with E-state index in [-0.39, 0.29) is 11.6 Å². The molecule has 1 unspecified atom stereocenters. The van der Waals surface area contributed by atoms with Gasteiger partial charge in [0, 0.05) is 19.1 Å². The van der Waals surface area contributed by atoms with Gasteiger partial charge in [-0.25, -0.2) is 0 Å². The number of likely N-dealkylation sites (N-methyl/N-ethyl adjacent to an activating group) is 1. The second-order valence-corrected chi connectivity index (χ2v) is 6.58. The summed E-state index contributed by atoms with van der Waals surface area (Å²) in [4.78, 5) is 6.47. The minimum absolute atomic E-state index is 0.0224. The first-order valence-electron chi connectivity index (χ1n) is 7.56. The Hall–Kier alpha value is -1.75. The first-order chi connectivity index (χ1) is 10.3. The van der Waals surface area contributed by atoms with Crippen molar-refractivity contribution in [3.63, 3.8) is 0 Å². The van der Waals surface area contributed by atoms with Crippen LogP contribution in [-0.2, 0) is 0 Å². The van der Waals surface area contributed by atoms with Gasteiger partial charge in [0.1, 0.15) is 5.75 Å². The number of benzene rings is 1. The number of methoxy groups -OCH3 is 1. The summed E-state index contributed by atoms with van der Waals surface area (Å²) in [5.41, 5.74) is 1.19. The van der Waals surface area contributed by atoms with E-state index in [9.17, 15) is 0 Å². The Labute approximate surface area is 134 Å². The van der Waals surface area contributed by atoms with Gasteiger partial charge in [-0.2, -0.15) is 0 Å². The quantitative estimate of drug-likeness (QED) is 0.647. The molecule has 0 aliphatic rings. The summed E-state index contributed by atoms with van der Waals surface area (Å²) < 4.78 is 5.32. The van der Waals surface area contributed by atoms with Gasteiger partial charge in [0.05, 0.1) is 13.2 Å². The van der Waals surface area contributed by atoms with E-state index in [1.54, 1.807) is 14.2 Å². The molecule has 1 aromatic rings. The second-order valence-electron chi connectivity index (χ2n) is 6.58. The normalized spacial score (nSPS) is 13.9. The molecule has 1 aromatic carbocycles. The van der Waals surface area contributed by atoms with Crippen LogP contribution in [0.4, 0.5) is 0 Å². The molecule has 0 heterocycles. The predicted octanol–water partition coefficient (Wildman–Crippen LogP) is 2.26. The zero-order valence-corrected chi connectivity index (χ0v) is 14.9. The highest BCUT2D eigenvalue weighted by Crippen LogP contribution is 2.22. The van der Waals surface area contributed by atoms with Gasteiger partial charge in [0.15, 0.2) is 5.96 Å². The monoisotopic (exact) mass is 306 g/mol. The summed E-state index contributed by atoms with van der Waals surface area (Å²) in [6, 6.07) is 8.41. The van der Waals surface area contributed by atoms with Crippen LogP contribution >= 0.6 is 0 Å². The molecule has 124 valence electrons. The van der Waals surface area contributed by atoms with E-state index >= 15 is 0 Å². The average molecular weight is 306 g/mol. The summed E-state index contributed by atoms with van der Waals surface area (Å²) in [5.74, 6) is 1.68. The predicted molar refractivity (Wildman–Crippen MR) is 93.7 cm³/mol. The summed E-state index contributed by atoms with van der Waals surface area (Å²) in [5, 5.41) is 6.77. The van der Waals surface area contributed by atoms with Crippen LogP contribution in [-0.4, -0.2) is 51.2 Å². The number of hydrogen-bond donors (Lipinski definition) is 2. The highest BCUT2D eigenvalue weighted by atomic mass is 16.5. The van der Waals surface area contributed by atoms with Crippen molar-refractivity contribution in [1.29, 1.82) is 0 Å². The number of aliphatic imine (C=N–C) groups is 1. The van der Waals surface area contributed by atoms with Crippen molar-refractivity contribution in [2.75, 3.05) is 34.8 Å². The number of hydrogen-bond acceptors (Lipinski definition) is 3. The maximum absolute atomic E-state index is 5.32. The number of guanidine groups is 1. The number of rotatable bonds is 5. The van der Waals surface area contributed by atoms with Crippen LogP contribution in [0.25, 0.3) is 0 Å². The Morgan fingerprint density at radius 2 is 2.00 bits per heavy atom. The molecule has 0 aromatic heterocycles. The minimum atomic E-state index is -0.0224. The van der Waals surface area contributed by atoms with Crippen molar-refractivity contribution in [2.24, 2.45) is 4.99 Å². The van der Waals surface area contributed by atoms with Crippen molar-refractivity contribution in [3.05, 3.63) is 29.8 Å². The molecule has 0 bridgehead atoms. The Morgan fingerprint density at radius 3 is 2.50 bits per heavy atom. The highest BCUT2D eigenvalue weighted by Gasteiger charge is 2.17. The molecule has 0 saturated heterocycles. The first kappa shape index (κ1) is 18.3. The molecule has 2 N–H and O–H groups in total. The first-order valence-corrected chi connectivity index (χ1v) is 7.56. The molecule has 0 aliphatic heterocycles. The van der Waals surface area contributed by atoms with E-state index in [0.717, 1.165) is 18.3 Å². The fraction of sp³-hybridized carbons (Fsp3) is 0.588. The Morgan fingerprint density at radius 1 is 1.32 bits per heavy atom. The summed E-state index contributed by atoms with van der Waals surface area (Å²) in [7, 11) is 7.63. The molecule has 0 spiro atoms. The fourth-order valence-corrected chi connectivity index (χ4v) is 2.18. The highest BCUT2D eigenvalue weighted by molar-refractivity contribution is 5.80. The zero-order valence-electron chi connectivity index (χ0n) is 14.9. The van der Waals surface area contributed by atoms with Crippen LogP contribution in [0.5, 0.6) is 5.75 Å². The van der Waals surface area contributed by atoms with E-state index in [4.69, 9.17) is 4.74 Å². The molecular formula is C17H30N4O. The Kier molecular flexibility index (Phi) is 6.68. The number of nitrogens with one attached hydrogen (secondary N) is 2. The van der Waals surface area contributed by atoms with Gasteiger partial charge in [0.2, 0.25) is 0 Å². The lowest BCUT2D eigenvalue weighted by molar-refractivity contribution is 0.296. The third-order valence-electron chi connectivity index (χ3n) is 3.28. The van der Waals surface area contributed by atoms with Crippen LogP contribution in [0.2, 0.25) is 0 Å². The topological polar surface area (TPSA) is 48.9 Å². The lowest BCUT2D eigenvalue weighted by atomic mass is 10.1. The molecule has 5 nitrogen and oxygen atoms in total. The molecule has 0 fully saturated rings. The second kappa shape index (κ2) is 8.03. The fourth-order valence-electron chi connectivity index (χ4n) is 2.18. The molecule has 1 atom stereocenters. The maximum Gasteiger partial charge on any atom is 0.191 e. The van der Waals surface area contributed by atoms with Crippen LogP contribution in [0, 0.1) is 0 Å². The van der Waals surface area contributed by atoms with Gasteiger partial charge in [-0.1, -0.05) is 12.1 Å². The smallest absolute Gasteiger partial charge is 0.191 e. The lowest BCUT2D eigenvalue weighted by Crippen LogP contribution is -2.49. The van der Waals surface area contributed by atoms with E-state index in [1.165, 1.54) is 5.56 Å². The summed E-state index contributed by atoms with van der Waals surface area (Å²) >= 11 is 0. The maximum atomic E-state index is 5.32. The van der Waals surface area contributed by atoms with Crippen molar-refractivity contribution < 1.29 is 4.74 Å². The summed E-state index contributed by atoms with van der Waals surface area (Å²) in [6.07, 6.45) is 0. The van der Waals surface area contributed by atoms with Gasteiger partial charge in [-0.15, -0.1) is 0 Å². The third kappa shape index (κ3) is 5.93. The lowest BCUT2D eigenvalue weighted by Gasteiger charge is -2.28. The summed E-state index contributed by atoms with van der Waals surface area (Å²) in [6.45, 7) is 7.11. The van der Waals surface area contributed by atoms with Gasteiger partial charge in [-0.3, -0.25) is 4.99 Å². The van der Waals surface area contributed by atoms with Gasteiger partial charge in [-0.05, 0) is 52.6 Å². The van der Waals surface area contributed by atoms with E-state index < -0.39 is 0 Å². The van der Waals surface area contributed by atoms with Gasteiger partial charge < -0.3 is 20.3 Å². The standard InChI is InChI=1S/C17H30N4O/c1-17(2,3)20-16(18-4)19-12-15(21(5)6)13-9-8-10-14(11-13)22-7/h8-11,15H,12H2,1-7H3,(H2,18,19,20). The zero-order chi connectivity index (χ0) is 16.8. The average Bonchev–Trinajstić information content (AvgIpc) is 2.44. The largest absolute Gasteiger partial charge is 0.497 e. The molecule has 5 heteroatoms. The minimum Gasteiger partial charge on any atom is -0.497 e. The van der Waals surface area contributed by atoms with E-state index in [2.05, 4.69) is 67.5 Å². The van der Waals surface area contributed by atoms with Crippen molar-refractivity contribution in [3.8, 4) is 5.75 Å². The Balaban J connectivity index is 2.80.